The number of rotatable bonds is 1. The van der Waals surface area contributed by atoms with Crippen LogP contribution in [0.2, 0.25) is 0 Å². The molecule has 19 heavy (non-hydrogen) atoms. The van der Waals surface area contributed by atoms with Crippen LogP contribution in [-0.2, 0) is 6.18 Å². The molecule has 1 aromatic heterocycles. The Morgan fingerprint density at radius 1 is 1.21 bits per heavy atom. The van der Waals surface area contributed by atoms with Crippen molar-refractivity contribution in [1.29, 1.82) is 0 Å². The molecule has 0 atom stereocenters. The number of halogens is 3. The van der Waals surface area contributed by atoms with Crippen molar-refractivity contribution in [2.24, 2.45) is 0 Å². The molecule has 0 saturated heterocycles. The lowest BCUT2D eigenvalue weighted by Gasteiger charge is -2.10. The number of hydrogen-bond donors (Lipinski definition) is 2. The molecule has 0 fully saturated rings. The van der Waals surface area contributed by atoms with Gasteiger partial charge in [-0.05, 0) is 31.2 Å². The molecule has 0 saturated carbocycles. The van der Waals surface area contributed by atoms with Crippen molar-refractivity contribution in [3.63, 3.8) is 0 Å². The quantitative estimate of drug-likeness (QED) is 0.780. The monoisotopic (exact) mass is 269 g/mol. The first-order valence-corrected chi connectivity index (χ1v) is 5.33. The maximum Gasteiger partial charge on any atom is 0.433 e. The van der Waals surface area contributed by atoms with Crippen LogP contribution in [0.1, 0.15) is 11.3 Å². The van der Waals surface area contributed by atoms with Crippen LogP contribution in [0.25, 0.3) is 11.4 Å². The molecule has 4 nitrogen and oxygen atoms in total. The molecule has 7 heteroatoms. The van der Waals surface area contributed by atoms with Gasteiger partial charge in [-0.15, -0.1) is 0 Å². The SMILES string of the molecule is Cc1c(C(F)(F)F)nc(-c2ccc(N)cc2)[nH]c1=O. The zero-order valence-corrected chi connectivity index (χ0v) is 9.88. The first kappa shape index (κ1) is 13.1. The van der Waals surface area contributed by atoms with Gasteiger partial charge in [0.1, 0.15) is 5.82 Å². The van der Waals surface area contributed by atoms with Crippen molar-refractivity contribution in [3.05, 3.63) is 45.9 Å². The highest BCUT2D eigenvalue weighted by Crippen LogP contribution is 2.30. The Bertz CT molecular complexity index is 659. The normalized spacial score (nSPS) is 11.6. The molecule has 3 N–H and O–H groups in total. The number of benzene rings is 1. The average Bonchev–Trinajstić information content (AvgIpc) is 2.32. The van der Waals surface area contributed by atoms with Gasteiger partial charge in [0.2, 0.25) is 0 Å². The average molecular weight is 269 g/mol. The lowest BCUT2D eigenvalue weighted by molar-refractivity contribution is -0.141. The molecule has 0 bridgehead atoms. The largest absolute Gasteiger partial charge is 0.433 e. The number of alkyl halides is 3. The van der Waals surface area contributed by atoms with Crippen molar-refractivity contribution in [3.8, 4) is 11.4 Å². The molecule has 0 aliphatic heterocycles. The van der Waals surface area contributed by atoms with Crippen LogP contribution in [-0.4, -0.2) is 9.97 Å². The third kappa shape index (κ3) is 2.59. The van der Waals surface area contributed by atoms with Crippen LogP contribution in [0.5, 0.6) is 0 Å². The second kappa shape index (κ2) is 4.42. The molecular formula is C12H10F3N3O. The van der Waals surface area contributed by atoms with E-state index in [4.69, 9.17) is 5.73 Å². The Hall–Kier alpha value is -2.31. The number of aromatic nitrogens is 2. The molecule has 0 spiro atoms. The standard InChI is InChI=1S/C12H10F3N3O/c1-6-9(12(13,14)15)17-10(18-11(6)19)7-2-4-8(16)5-3-7/h2-5H,16H2,1H3,(H,17,18,19). The maximum absolute atomic E-state index is 12.8. The number of hydrogen-bond acceptors (Lipinski definition) is 3. The number of H-pyrrole nitrogens is 1. The summed E-state index contributed by atoms with van der Waals surface area (Å²) in [5, 5.41) is 0. The number of aromatic amines is 1. The lowest BCUT2D eigenvalue weighted by atomic mass is 10.1. The van der Waals surface area contributed by atoms with Gasteiger partial charge in [-0.2, -0.15) is 13.2 Å². The fourth-order valence-electron chi connectivity index (χ4n) is 1.59. The lowest BCUT2D eigenvalue weighted by Crippen LogP contribution is -2.21. The Kier molecular flexibility index (Phi) is 3.05. The molecule has 100 valence electrons. The molecule has 0 aliphatic rings. The van der Waals surface area contributed by atoms with Gasteiger partial charge in [0.25, 0.3) is 5.56 Å². The van der Waals surface area contributed by atoms with Crippen molar-refractivity contribution in [2.75, 3.05) is 5.73 Å². The Balaban J connectivity index is 2.63. The van der Waals surface area contributed by atoms with Gasteiger partial charge in [-0.3, -0.25) is 4.79 Å². The second-order valence-corrected chi connectivity index (χ2v) is 4.01. The number of nitrogen functional groups attached to an aromatic ring is 1. The van der Waals surface area contributed by atoms with E-state index < -0.39 is 23.0 Å². The van der Waals surface area contributed by atoms with Crippen LogP contribution in [0, 0.1) is 6.92 Å². The van der Waals surface area contributed by atoms with Crippen LogP contribution < -0.4 is 11.3 Å². The van der Waals surface area contributed by atoms with E-state index in [1.807, 2.05) is 0 Å². The van der Waals surface area contributed by atoms with E-state index in [-0.39, 0.29) is 5.82 Å². The molecule has 0 aliphatic carbocycles. The van der Waals surface area contributed by atoms with E-state index in [1.54, 1.807) is 0 Å². The van der Waals surface area contributed by atoms with E-state index in [0.29, 0.717) is 11.3 Å². The van der Waals surface area contributed by atoms with Gasteiger partial charge in [0.05, 0.1) is 0 Å². The maximum atomic E-state index is 12.8. The Labute approximate surface area is 106 Å². The smallest absolute Gasteiger partial charge is 0.399 e. The zero-order chi connectivity index (χ0) is 14.2. The Morgan fingerprint density at radius 3 is 2.32 bits per heavy atom. The number of nitrogens with zero attached hydrogens (tertiary/aromatic N) is 1. The third-order valence-electron chi connectivity index (χ3n) is 2.60. The van der Waals surface area contributed by atoms with Crippen LogP contribution in [0.4, 0.5) is 18.9 Å². The fourth-order valence-corrected chi connectivity index (χ4v) is 1.59. The van der Waals surface area contributed by atoms with E-state index >= 15 is 0 Å². The number of anilines is 1. The summed E-state index contributed by atoms with van der Waals surface area (Å²) < 4.78 is 38.3. The number of nitrogens with one attached hydrogen (secondary N) is 1. The molecule has 0 amide bonds. The van der Waals surface area contributed by atoms with E-state index in [2.05, 4.69) is 9.97 Å². The van der Waals surface area contributed by atoms with Gasteiger partial charge in [0, 0.05) is 16.8 Å². The molecule has 0 radical (unpaired) electrons. The van der Waals surface area contributed by atoms with Gasteiger partial charge in [-0.25, -0.2) is 4.98 Å². The highest BCUT2D eigenvalue weighted by Gasteiger charge is 2.36. The highest BCUT2D eigenvalue weighted by atomic mass is 19.4. The molecule has 1 aromatic carbocycles. The molecule has 0 unspecified atom stereocenters. The summed E-state index contributed by atoms with van der Waals surface area (Å²) in [7, 11) is 0. The van der Waals surface area contributed by atoms with E-state index in [0.717, 1.165) is 6.92 Å². The summed E-state index contributed by atoms with van der Waals surface area (Å²) in [6.07, 6.45) is -4.67. The van der Waals surface area contributed by atoms with Crippen LogP contribution in [0.3, 0.4) is 0 Å². The molecule has 2 aromatic rings. The van der Waals surface area contributed by atoms with Crippen molar-refractivity contribution in [2.45, 2.75) is 13.1 Å². The van der Waals surface area contributed by atoms with Crippen molar-refractivity contribution < 1.29 is 13.2 Å². The van der Waals surface area contributed by atoms with Gasteiger partial charge in [-0.1, -0.05) is 0 Å². The Morgan fingerprint density at radius 2 is 1.79 bits per heavy atom. The summed E-state index contributed by atoms with van der Waals surface area (Å²) in [6.45, 7) is 1.08. The third-order valence-corrected chi connectivity index (χ3v) is 2.60. The second-order valence-electron chi connectivity index (χ2n) is 4.01. The van der Waals surface area contributed by atoms with E-state index in [1.165, 1.54) is 24.3 Å². The number of nitrogens with two attached hydrogens (primary N) is 1. The van der Waals surface area contributed by atoms with Crippen LogP contribution in [0.15, 0.2) is 29.1 Å². The molecule has 1 heterocycles. The first-order chi connectivity index (χ1) is 8.79. The van der Waals surface area contributed by atoms with Gasteiger partial charge in [0.15, 0.2) is 5.69 Å². The van der Waals surface area contributed by atoms with Crippen molar-refractivity contribution in [1.82, 2.24) is 9.97 Å². The van der Waals surface area contributed by atoms with Gasteiger partial charge < -0.3 is 10.7 Å². The summed E-state index contributed by atoms with van der Waals surface area (Å²) in [5.41, 5.74) is 3.87. The minimum Gasteiger partial charge on any atom is -0.399 e. The topological polar surface area (TPSA) is 71.8 Å². The minimum absolute atomic E-state index is 0.136. The predicted octanol–water partition coefficient (Wildman–Crippen LogP) is 2.35. The fraction of sp³-hybridized carbons (Fsp3) is 0.167. The summed E-state index contributed by atoms with van der Waals surface area (Å²) in [5.74, 6) is -0.136. The zero-order valence-electron chi connectivity index (χ0n) is 9.88. The summed E-state index contributed by atoms with van der Waals surface area (Å²) in [6, 6.07) is 6.01. The van der Waals surface area contributed by atoms with Gasteiger partial charge >= 0.3 is 6.18 Å². The highest BCUT2D eigenvalue weighted by molar-refractivity contribution is 5.58. The van der Waals surface area contributed by atoms with Crippen molar-refractivity contribution >= 4 is 5.69 Å². The summed E-state index contributed by atoms with van der Waals surface area (Å²) >= 11 is 0. The molecule has 2 rings (SSSR count). The minimum atomic E-state index is -4.67. The first-order valence-electron chi connectivity index (χ1n) is 5.33. The molecular weight excluding hydrogens is 259 g/mol. The summed E-state index contributed by atoms with van der Waals surface area (Å²) in [4.78, 5) is 17.3. The van der Waals surface area contributed by atoms with Crippen LogP contribution >= 0.6 is 0 Å². The van der Waals surface area contributed by atoms with E-state index in [9.17, 15) is 18.0 Å². The predicted molar refractivity (Wildman–Crippen MR) is 64.4 cm³/mol.